The third-order valence-corrected chi connectivity index (χ3v) is 3.66. The number of thiazole rings is 1. The Morgan fingerprint density at radius 2 is 2.37 bits per heavy atom. The first kappa shape index (κ1) is 13.5. The largest absolute Gasteiger partial charge is 0.378 e. The molecule has 19 heavy (non-hydrogen) atoms. The lowest BCUT2D eigenvalue weighted by atomic mass is 10.1. The number of nitrogens with zero attached hydrogens (tertiary/aromatic N) is 1. The summed E-state index contributed by atoms with van der Waals surface area (Å²) in [5, 5.41) is 8.59. The average Bonchev–Trinajstić information content (AvgIpc) is 2.80. The predicted molar refractivity (Wildman–Crippen MR) is 69.7 cm³/mol. The molecule has 7 nitrogen and oxygen atoms in total. The van der Waals surface area contributed by atoms with Crippen LogP contribution in [-0.4, -0.2) is 35.8 Å². The van der Waals surface area contributed by atoms with Crippen molar-refractivity contribution in [3.05, 3.63) is 11.2 Å². The maximum absolute atomic E-state index is 11.8. The van der Waals surface area contributed by atoms with Crippen LogP contribution in [0, 0.1) is 0 Å². The van der Waals surface area contributed by atoms with Gasteiger partial charge in [-0.1, -0.05) is 0 Å². The van der Waals surface area contributed by atoms with Crippen LogP contribution in [0.3, 0.4) is 0 Å². The SMILES string of the molecule is CNc1scnc1CC(=O)NC1CCC(=O)NC1=O. The lowest BCUT2D eigenvalue weighted by Gasteiger charge is -2.21. The molecular formula is C11H14N4O3S. The minimum atomic E-state index is -0.637. The maximum Gasteiger partial charge on any atom is 0.249 e. The Morgan fingerprint density at radius 1 is 1.58 bits per heavy atom. The number of rotatable bonds is 4. The zero-order chi connectivity index (χ0) is 13.8. The predicted octanol–water partition coefficient (Wildman–Crippen LogP) is -0.351. The minimum Gasteiger partial charge on any atom is -0.378 e. The van der Waals surface area contributed by atoms with Gasteiger partial charge < -0.3 is 10.6 Å². The van der Waals surface area contributed by atoms with Crippen molar-refractivity contribution < 1.29 is 14.4 Å². The molecule has 0 bridgehead atoms. The highest BCUT2D eigenvalue weighted by Gasteiger charge is 2.27. The van der Waals surface area contributed by atoms with Gasteiger partial charge in [0.15, 0.2) is 0 Å². The molecule has 0 radical (unpaired) electrons. The normalized spacial score (nSPS) is 18.9. The average molecular weight is 282 g/mol. The second kappa shape index (κ2) is 5.79. The van der Waals surface area contributed by atoms with Crippen molar-refractivity contribution in [2.24, 2.45) is 0 Å². The Morgan fingerprint density at radius 3 is 3.05 bits per heavy atom. The molecule has 0 aliphatic carbocycles. The summed E-state index contributed by atoms with van der Waals surface area (Å²) >= 11 is 1.41. The summed E-state index contributed by atoms with van der Waals surface area (Å²) < 4.78 is 0. The number of piperidine rings is 1. The van der Waals surface area contributed by atoms with E-state index in [0.29, 0.717) is 12.1 Å². The first-order valence-electron chi connectivity index (χ1n) is 5.83. The van der Waals surface area contributed by atoms with E-state index in [0.717, 1.165) is 5.00 Å². The van der Waals surface area contributed by atoms with Gasteiger partial charge in [0.1, 0.15) is 11.0 Å². The fourth-order valence-corrected chi connectivity index (χ4v) is 2.49. The van der Waals surface area contributed by atoms with Crippen LogP contribution in [-0.2, 0) is 20.8 Å². The molecule has 2 rings (SSSR count). The Bertz CT molecular complexity index is 514. The van der Waals surface area contributed by atoms with Crippen molar-refractivity contribution in [1.29, 1.82) is 0 Å². The zero-order valence-corrected chi connectivity index (χ0v) is 11.2. The van der Waals surface area contributed by atoms with E-state index in [-0.39, 0.29) is 24.7 Å². The van der Waals surface area contributed by atoms with E-state index in [2.05, 4.69) is 20.9 Å². The quantitative estimate of drug-likeness (QED) is 0.655. The first-order chi connectivity index (χ1) is 9.10. The first-order valence-corrected chi connectivity index (χ1v) is 6.71. The van der Waals surface area contributed by atoms with Gasteiger partial charge in [0.25, 0.3) is 0 Å². The van der Waals surface area contributed by atoms with Crippen LogP contribution in [0.25, 0.3) is 0 Å². The minimum absolute atomic E-state index is 0.109. The standard InChI is InChI=1S/C11H14N4O3S/c1-12-11-7(13-5-19-11)4-9(17)14-6-2-3-8(16)15-10(6)18/h5-6,12H,2-4H2,1H3,(H,14,17)(H,15,16,18). The van der Waals surface area contributed by atoms with Crippen LogP contribution in [0.15, 0.2) is 5.51 Å². The summed E-state index contributed by atoms with van der Waals surface area (Å²) in [7, 11) is 1.76. The summed E-state index contributed by atoms with van der Waals surface area (Å²) in [6.07, 6.45) is 0.693. The van der Waals surface area contributed by atoms with E-state index in [1.165, 1.54) is 11.3 Å². The Hall–Kier alpha value is -1.96. The Labute approximate surface area is 113 Å². The van der Waals surface area contributed by atoms with Gasteiger partial charge in [-0.2, -0.15) is 0 Å². The molecule has 0 saturated carbocycles. The smallest absolute Gasteiger partial charge is 0.249 e. The van der Waals surface area contributed by atoms with Gasteiger partial charge >= 0.3 is 0 Å². The third-order valence-electron chi connectivity index (χ3n) is 2.77. The molecule has 0 aromatic carbocycles. The monoisotopic (exact) mass is 282 g/mol. The molecule has 3 amide bonds. The van der Waals surface area contributed by atoms with E-state index in [1.54, 1.807) is 12.6 Å². The number of aromatic nitrogens is 1. The Balaban J connectivity index is 1.91. The number of amides is 3. The molecule has 0 spiro atoms. The molecule has 1 aromatic heterocycles. The molecule has 1 unspecified atom stereocenters. The summed E-state index contributed by atoms with van der Waals surface area (Å²) in [6, 6.07) is -0.637. The highest BCUT2D eigenvalue weighted by atomic mass is 32.1. The second-order valence-corrected chi connectivity index (χ2v) is 4.98. The van der Waals surface area contributed by atoms with Gasteiger partial charge in [0, 0.05) is 13.5 Å². The number of carbonyl (C=O) groups is 3. The molecule has 1 saturated heterocycles. The summed E-state index contributed by atoms with van der Waals surface area (Å²) in [4.78, 5) is 38.4. The van der Waals surface area contributed by atoms with E-state index in [4.69, 9.17) is 0 Å². The van der Waals surface area contributed by atoms with Gasteiger partial charge in [0.05, 0.1) is 17.6 Å². The van der Waals surface area contributed by atoms with E-state index in [1.807, 2.05) is 0 Å². The van der Waals surface area contributed by atoms with Crippen LogP contribution in [0.1, 0.15) is 18.5 Å². The fourth-order valence-electron chi connectivity index (χ4n) is 1.83. The van der Waals surface area contributed by atoms with E-state index in [9.17, 15) is 14.4 Å². The van der Waals surface area contributed by atoms with Gasteiger partial charge in [-0.3, -0.25) is 19.7 Å². The van der Waals surface area contributed by atoms with Crippen molar-refractivity contribution in [2.45, 2.75) is 25.3 Å². The lowest BCUT2D eigenvalue weighted by molar-refractivity contribution is -0.137. The van der Waals surface area contributed by atoms with Crippen LogP contribution >= 0.6 is 11.3 Å². The lowest BCUT2D eigenvalue weighted by Crippen LogP contribution is -2.52. The number of nitrogens with one attached hydrogen (secondary N) is 3. The molecule has 2 heterocycles. The Kier molecular flexibility index (Phi) is 4.10. The van der Waals surface area contributed by atoms with Gasteiger partial charge in [0.2, 0.25) is 17.7 Å². The van der Waals surface area contributed by atoms with Crippen molar-refractivity contribution >= 4 is 34.1 Å². The molecule has 1 aliphatic heterocycles. The van der Waals surface area contributed by atoms with Gasteiger partial charge in [-0.25, -0.2) is 4.98 Å². The van der Waals surface area contributed by atoms with Crippen LogP contribution in [0.2, 0.25) is 0 Å². The van der Waals surface area contributed by atoms with E-state index < -0.39 is 11.9 Å². The second-order valence-electron chi connectivity index (χ2n) is 4.13. The molecule has 3 N–H and O–H groups in total. The summed E-state index contributed by atoms with van der Waals surface area (Å²) in [5.74, 6) is -1.03. The fraction of sp³-hybridized carbons (Fsp3) is 0.455. The number of hydrogen-bond acceptors (Lipinski definition) is 6. The highest BCUT2D eigenvalue weighted by molar-refractivity contribution is 7.14. The van der Waals surface area contributed by atoms with Crippen molar-refractivity contribution in [3.63, 3.8) is 0 Å². The summed E-state index contributed by atoms with van der Waals surface area (Å²) in [5.41, 5.74) is 2.30. The van der Waals surface area contributed by atoms with Gasteiger partial charge in [-0.15, -0.1) is 11.3 Å². The molecular weight excluding hydrogens is 268 g/mol. The number of anilines is 1. The van der Waals surface area contributed by atoms with Gasteiger partial charge in [-0.05, 0) is 6.42 Å². The van der Waals surface area contributed by atoms with Crippen LogP contribution in [0.5, 0.6) is 0 Å². The molecule has 102 valence electrons. The number of carbonyl (C=O) groups excluding carboxylic acids is 3. The maximum atomic E-state index is 11.8. The van der Waals surface area contributed by atoms with Crippen LogP contribution < -0.4 is 16.0 Å². The van der Waals surface area contributed by atoms with Crippen molar-refractivity contribution in [3.8, 4) is 0 Å². The third kappa shape index (κ3) is 3.28. The zero-order valence-electron chi connectivity index (χ0n) is 10.4. The van der Waals surface area contributed by atoms with Crippen molar-refractivity contribution in [2.75, 3.05) is 12.4 Å². The topological polar surface area (TPSA) is 100 Å². The van der Waals surface area contributed by atoms with Crippen LogP contribution in [0.4, 0.5) is 5.00 Å². The highest BCUT2D eigenvalue weighted by Crippen LogP contribution is 2.19. The number of hydrogen-bond donors (Lipinski definition) is 3. The molecule has 1 fully saturated rings. The molecule has 8 heteroatoms. The van der Waals surface area contributed by atoms with E-state index >= 15 is 0 Å². The summed E-state index contributed by atoms with van der Waals surface area (Å²) in [6.45, 7) is 0. The van der Waals surface area contributed by atoms with Crippen molar-refractivity contribution in [1.82, 2.24) is 15.6 Å². The number of imide groups is 1. The molecule has 1 atom stereocenters. The molecule has 1 aliphatic rings. The molecule has 1 aromatic rings.